The summed E-state index contributed by atoms with van der Waals surface area (Å²) in [6.07, 6.45) is 2.86. The standard InChI is InChI=1S/C12H17NO/c13-7-6-12(14)11-3-1-2-10(8-11)9-4-5-9/h1-3,8-9,12,14H,4-7,13H2/t12-/m0/s1. The molecule has 2 nitrogen and oxygen atoms in total. The Kier molecular flexibility index (Phi) is 2.85. The molecule has 0 radical (unpaired) electrons. The Labute approximate surface area is 84.7 Å². The number of aliphatic hydroxyl groups is 1. The summed E-state index contributed by atoms with van der Waals surface area (Å²) < 4.78 is 0. The lowest BCUT2D eigenvalue weighted by Gasteiger charge is -2.10. The maximum atomic E-state index is 9.77. The minimum atomic E-state index is -0.390. The van der Waals surface area contributed by atoms with Gasteiger partial charge in [-0.25, -0.2) is 0 Å². The minimum Gasteiger partial charge on any atom is -0.388 e. The Bertz CT molecular complexity index is 307. The Balaban J connectivity index is 2.12. The average Bonchev–Trinajstić information content (AvgIpc) is 3.02. The van der Waals surface area contributed by atoms with E-state index in [1.165, 1.54) is 18.4 Å². The number of benzene rings is 1. The molecule has 1 aromatic rings. The zero-order valence-corrected chi connectivity index (χ0v) is 8.32. The van der Waals surface area contributed by atoms with Crippen molar-refractivity contribution < 1.29 is 5.11 Å². The largest absolute Gasteiger partial charge is 0.388 e. The minimum absolute atomic E-state index is 0.390. The Morgan fingerprint density at radius 2 is 2.21 bits per heavy atom. The van der Waals surface area contributed by atoms with Crippen LogP contribution in [0, 0.1) is 0 Å². The maximum Gasteiger partial charge on any atom is 0.0802 e. The van der Waals surface area contributed by atoms with Crippen LogP contribution < -0.4 is 5.73 Å². The molecule has 0 aliphatic heterocycles. The summed E-state index contributed by atoms with van der Waals surface area (Å²) in [5, 5.41) is 9.77. The van der Waals surface area contributed by atoms with Gasteiger partial charge < -0.3 is 10.8 Å². The van der Waals surface area contributed by atoms with Gasteiger partial charge in [-0.3, -0.25) is 0 Å². The van der Waals surface area contributed by atoms with E-state index in [0.717, 1.165) is 11.5 Å². The lowest BCUT2D eigenvalue weighted by atomic mass is 10.0. The molecule has 2 heteroatoms. The topological polar surface area (TPSA) is 46.2 Å². The highest BCUT2D eigenvalue weighted by Gasteiger charge is 2.23. The third-order valence-corrected chi connectivity index (χ3v) is 2.78. The molecule has 76 valence electrons. The highest BCUT2D eigenvalue weighted by Crippen LogP contribution is 2.40. The van der Waals surface area contributed by atoms with Gasteiger partial charge >= 0.3 is 0 Å². The van der Waals surface area contributed by atoms with Crippen molar-refractivity contribution in [3.05, 3.63) is 35.4 Å². The van der Waals surface area contributed by atoms with E-state index in [0.29, 0.717) is 13.0 Å². The molecule has 14 heavy (non-hydrogen) atoms. The van der Waals surface area contributed by atoms with Crippen molar-refractivity contribution in [3.8, 4) is 0 Å². The van der Waals surface area contributed by atoms with Crippen LogP contribution in [-0.2, 0) is 0 Å². The van der Waals surface area contributed by atoms with Crippen LogP contribution in [0.5, 0.6) is 0 Å². The molecule has 1 aromatic carbocycles. The van der Waals surface area contributed by atoms with Crippen molar-refractivity contribution in [3.63, 3.8) is 0 Å². The number of hydrogen-bond donors (Lipinski definition) is 2. The zero-order chi connectivity index (χ0) is 9.97. The first-order valence-electron chi connectivity index (χ1n) is 5.29. The molecule has 0 bridgehead atoms. The molecule has 1 saturated carbocycles. The number of nitrogens with two attached hydrogens (primary N) is 1. The SMILES string of the molecule is NCC[C@H](O)c1cccc(C2CC2)c1. The van der Waals surface area contributed by atoms with Crippen LogP contribution in [0.2, 0.25) is 0 Å². The molecule has 1 aliphatic carbocycles. The first-order chi connectivity index (χ1) is 6.81. The second kappa shape index (κ2) is 4.11. The molecular formula is C12H17NO. The monoisotopic (exact) mass is 191 g/mol. The van der Waals surface area contributed by atoms with Gasteiger partial charge in [-0.1, -0.05) is 24.3 Å². The van der Waals surface area contributed by atoms with E-state index in [-0.39, 0.29) is 0 Å². The van der Waals surface area contributed by atoms with Gasteiger partial charge in [0.2, 0.25) is 0 Å². The summed E-state index contributed by atoms with van der Waals surface area (Å²) in [4.78, 5) is 0. The van der Waals surface area contributed by atoms with Crippen molar-refractivity contribution in [1.82, 2.24) is 0 Å². The third-order valence-electron chi connectivity index (χ3n) is 2.78. The predicted octanol–water partition coefficient (Wildman–Crippen LogP) is 1.95. The molecule has 0 unspecified atom stereocenters. The molecule has 0 saturated heterocycles. The van der Waals surface area contributed by atoms with Gasteiger partial charge in [0.1, 0.15) is 0 Å². The molecule has 0 heterocycles. The predicted molar refractivity (Wildman–Crippen MR) is 57.0 cm³/mol. The van der Waals surface area contributed by atoms with Gasteiger partial charge in [-0.05, 0) is 42.9 Å². The fourth-order valence-corrected chi connectivity index (χ4v) is 1.76. The highest BCUT2D eigenvalue weighted by atomic mass is 16.3. The van der Waals surface area contributed by atoms with Gasteiger partial charge in [0.25, 0.3) is 0 Å². The lowest BCUT2D eigenvalue weighted by molar-refractivity contribution is 0.170. The van der Waals surface area contributed by atoms with E-state index in [9.17, 15) is 5.11 Å². The summed E-state index contributed by atoms with van der Waals surface area (Å²) in [6.45, 7) is 0.537. The van der Waals surface area contributed by atoms with Gasteiger partial charge in [0.15, 0.2) is 0 Å². The molecule has 1 fully saturated rings. The molecule has 0 spiro atoms. The Hall–Kier alpha value is -0.860. The quantitative estimate of drug-likeness (QED) is 0.764. The summed E-state index contributed by atoms with van der Waals surface area (Å²) in [5.41, 5.74) is 7.80. The first kappa shape index (κ1) is 9.69. The van der Waals surface area contributed by atoms with Gasteiger partial charge in [-0.15, -0.1) is 0 Å². The second-order valence-electron chi connectivity index (χ2n) is 4.04. The molecule has 2 rings (SSSR count). The van der Waals surface area contributed by atoms with E-state index in [2.05, 4.69) is 12.1 Å². The van der Waals surface area contributed by atoms with E-state index in [1.807, 2.05) is 12.1 Å². The van der Waals surface area contributed by atoms with Crippen LogP contribution in [0.3, 0.4) is 0 Å². The van der Waals surface area contributed by atoms with Crippen molar-refractivity contribution >= 4 is 0 Å². The Morgan fingerprint density at radius 3 is 2.86 bits per heavy atom. The lowest BCUT2D eigenvalue weighted by Crippen LogP contribution is -2.06. The first-order valence-corrected chi connectivity index (χ1v) is 5.29. The zero-order valence-electron chi connectivity index (χ0n) is 8.32. The number of rotatable bonds is 4. The molecule has 0 amide bonds. The summed E-state index contributed by atoms with van der Waals surface area (Å²) in [6, 6.07) is 8.28. The van der Waals surface area contributed by atoms with Crippen LogP contribution in [-0.4, -0.2) is 11.7 Å². The maximum absolute atomic E-state index is 9.77. The van der Waals surface area contributed by atoms with Gasteiger partial charge in [0, 0.05) is 0 Å². The van der Waals surface area contributed by atoms with Crippen LogP contribution in [0.4, 0.5) is 0 Å². The van der Waals surface area contributed by atoms with E-state index in [1.54, 1.807) is 0 Å². The van der Waals surface area contributed by atoms with Gasteiger partial charge in [-0.2, -0.15) is 0 Å². The molecule has 1 atom stereocenters. The molecular weight excluding hydrogens is 174 g/mol. The highest BCUT2D eigenvalue weighted by molar-refractivity contribution is 5.30. The normalized spacial score (nSPS) is 18.1. The summed E-state index contributed by atoms with van der Waals surface area (Å²) in [7, 11) is 0. The van der Waals surface area contributed by atoms with Crippen LogP contribution in [0.15, 0.2) is 24.3 Å². The summed E-state index contributed by atoms with van der Waals surface area (Å²) >= 11 is 0. The van der Waals surface area contributed by atoms with E-state index >= 15 is 0 Å². The smallest absolute Gasteiger partial charge is 0.0802 e. The van der Waals surface area contributed by atoms with Crippen molar-refractivity contribution in [2.45, 2.75) is 31.3 Å². The molecule has 3 N–H and O–H groups in total. The Morgan fingerprint density at radius 1 is 1.43 bits per heavy atom. The van der Waals surface area contributed by atoms with Crippen molar-refractivity contribution in [1.29, 1.82) is 0 Å². The van der Waals surface area contributed by atoms with E-state index in [4.69, 9.17) is 5.73 Å². The third kappa shape index (κ3) is 2.14. The van der Waals surface area contributed by atoms with Crippen molar-refractivity contribution in [2.75, 3.05) is 6.54 Å². The molecule has 1 aliphatic rings. The van der Waals surface area contributed by atoms with E-state index < -0.39 is 6.10 Å². The number of hydrogen-bond acceptors (Lipinski definition) is 2. The number of aliphatic hydroxyl groups excluding tert-OH is 1. The second-order valence-corrected chi connectivity index (χ2v) is 4.04. The summed E-state index contributed by atoms with van der Waals surface area (Å²) in [5.74, 6) is 0.750. The fourth-order valence-electron chi connectivity index (χ4n) is 1.76. The van der Waals surface area contributed by atoms with Crippen LogP contribution >= 0.6 is 0 Å². The van der Waals surface area contributed by atoms with Crippen molar-refractivity contribution in [2.24, 2.45) is 5.73 Å². The van der Waals surface area contributed by atoms with Crippen LogP contribution in [0.1, 0.15) is 42.4 Å². The van der Waals surface area contributed by atoms with Crippen LogP contribution in [0.25, 0.3) is 0 Å². The molecule has 0 aromatic heterocycles. The average molecular weight is 191 g/mol. The fraction of sp³-hybridized carbons (Fsp3) is 0.500. The van der Waals surface area contributed by atoms with Gasteiger partial charge in [0.05, 0.1) is 6.10 Å².